The van der Waals surface area contributed by atoms with E-state index in [1.165, 1.54) is 7.11 Å². The van der Waals surface area contributed by atoms with E-state index in [9.17, 15) is 0 Å². The Kier molecular flexibility index (Phi) is 2.90. The van der Waals surface area contributed by atoms with Crippen LogP contribution in [0.15, 0.2) is 23.4 Å². The molecule has 0 fully saturated rings. The Morgan fingerprint density at radius 1 is 1.46 bits per heavy atom. The molecule has 1 aromatic rings. The monoisotopic (exact) mass is 178 g/mol. The fourth-order valence-corrected chi connectivity index (χ4v) is 1.23. The van der Waals surface area contributed by atoms with Crippen molar-refractivity contribution < 1.29 is 4.84 Å². The summed E-state index contributed by atoms with van der Waals surface area (Å²) in [7, 11) is 1.53. The van der Waals surface area contributed by atoms with E-state index >= 15 is 0 Å². The summed E-state index contributed by atoms with van der Waals surface area (Å²) >= 11 is 0. The SMILES string of the molecule is CO/N=C(\C)c1cccc(N)c1C. The molecule has 3 heteroatoms. The van der Waals surface area contributed by atoms with Crippen molar-refractivity contribution >= 4 is 11.4 Å². The average Bonchev–Trinajstić information content (AvgIpc) is 2.10. The highest BCUT2D eigenvalue weighted by atomic mass is 16.6. The fourth-order valence-electron chi connectivity index (χ4n) is 1.23. The molecule has 13 heavy (non-hydrogen) atoms. The van der Waals surface area contributed by atoms with Crippen LogP contribution in [-0.4, -0.2) is 12.8 Å². The predicted molar refractivity (Wildman–Crippen MR) is 54.8 cm³/mol. The summed E-state index contributed by atoms with van der Waals surface area (Å²) < 4.78 is 0. The van der Waals surface area contributed by atoms with Gasteiger partial charge in [0.15, 0.2) is 0 Å². The van der Waals surface area contributed by atoms with E-state index in [4.69, 9.17) is 10.6 Å². The molecular formula is C10H14N2O. The maximum Gasteiger partial charge on any atom is 0.106 e. The second-order valence-electron chi connectivity index (χ2n) is 2.88. The molecule has 0 unspecified atom stereocenters. The summed E-state index contributed by atoms with van der Waals surface area (Å²) in [4.78, 5) is 4.70. The van der Waals surface area contributed by atoms with Gasteiger partial charge in [0.1, 0.15) is 7.11 Å². The lowest BCUT2D eigenvalue weighted by Crippen LogP contribution is -2.01. The van der Waals surface area contributed by atoms with Crippen molar-refractivity contribution in [2.75, 3.05) is 12.8 Å². The molecule has 0 heterocycles. The van der Waals surface area contributed by atoms with Crippen LogP contribution in [0, 0.1) is 6.92 Å². The topological polar surface area (TPSA) is 47.6 Å². The van der Waals surface area contributed by atoms with E-state index in [0.717, 1.165) is 22.5 Å². The lowest BCUT2D eigenvalue weighted by molar-refractivity contribution is 0.213. The van der Waals surface area contributed by atoms with Crippen LogP contribution < -0.4 is 5.73 Å². The van der Waals surface area contributed by atoms with E-state index in [-0.39, 0.29) is 0 Å². The highest BCUT2D eigenvalue weighted by Gasteiger charge is 2.03. The minimum atomic E-state index is 0.781. The molecule has 1 aromatic carbocycles. The molecule has 0 amide bonds. The Hall–Kier alpha value is -1.51. The highest BCUT2D eigenvalue weighted by Crippen LogP contribution is 2.16. The van der Waals surface area contributed by atoms with Gasteiger partial charge in [-0.25, -0.2) is 0 Å². The third-order valence-corrected chi connectivity index (χ3v) is 1.99. The Bertz CT molecular complexity index is 332. The highest BCUT2D eigenvalue weighted by molar-refractivity contribution is 6.00. The summed E-state index contributed by atoms with van der Waals surface area (Å²) in [6.45, 7) is 3.87. The number of nitrogen functional groups attached to an aromatic ring is 1. The van der Waals surface area contributed by atoms with Gasteiger partial charge in [-0.15, -0.1) is 0 Å². The van der Waals surface area contributed by atoms with Gasteiger partial charge in [0.25, 0.3) is 0 Å². The molecule has 3 nitrogen and oxygen atoms in total. The van der Waals surface area contributed by atoms with Crippen molar-refractivity contribution in [3.8, 4) is 0 Å². The van der Waals surface area contributed by atoms with Crippen LogP contribution in [-0.2, 0) is 4.84 Å². The quantitative estimate of drug-likeness (QED) is 0.427. The van der Waals surface area contributed by atoms with Gasteiger partial charge in [-0.05, 0) is 25.5 Å². The van der Waals surface area contributed by atoms with Gasteiger partial charge < -0.3 is 10.6 Å². The second-order valence-corrected chi connectivity index (χ2v) is 2.88. The van der Waals surface area contributed by atoms with Crippen molar-refractivity contribution in [3.05, 3.63) is 29.3 Å². The van der Waals surface area contributed by atoms with Crippen molar-refractivity contribution in [3.63, 3.8) is 0 Å². The van der Waals surface area contributed by atoms with E-state index in [2.05, 4.69) is 5.16 Å². The molecule has 2 N–H and O–H groups in total. The molecule has 0 spiro atoms. The molecule has 0 aliphatic rings. The zero-order valence-electron chi connectivity index (χ0n) is 8.16. The van der Waals surface area contributed by atoms with Crippen LogP contribution in [0.5, 0.6) is 0 Å². The zero-order valence-corrected chi connectivity index (χ0v) is 8.16. The van der Waals surface area contributed by atoms with Crippen LogP contribution in [0.2, 0.25) is 0 Å². The molecule has 0 saturated carbocycles. The van der Waals surface area contributed by atoms with Gasteiger partial charge in [0.2, 0.25) is 0 Å². The first-order valence-corrected chi connectivity index (χ1v) is 4.10. The van der Waals surface area contributed by atoms with E-state index in [1.54, 1.807) is 0 Å². The van der Waals surface area contributed by atoms with Crippen molar-refractivity contribution in [2.45, 2.75) is 13.8 Å². The van der Waals surface area contributed by atoms with Crippen LogP contribution in [0.25, 0.3) is 0 Å². The van der Waals surface area contributed by atoms with E-state index in [1.807, 2.05) is 32.0 Å². The Labute approximate surface area is 78.2 Å². The van der Waals surface area contributed by atoms with Crippen LogP contribution in [0.1, 0.15) is 18.1 Å². The first-order chi connectivity index (χ1) is 6.16. The number of nitrogens with two attached hydrogens (primary N) is 1. The van der Waals surface area contributed by atoms with E-state index in [0.29, 0.717) is 0 Å². The summed E-state index contributed by atoms with van der Waals surface area (Å²) in [5, 5.41) is 3.86. The normalized spacial score (nSPS) is 11.5. The van der Waals surface area contributed by atoms with Gasteiger partial charge in [0.05, 0.1) is 5.71 Å². The van der Waals surface area contributed by atoms with Gasteiger partial charge in [-0.2, -0.15) is 0 Å². The van der Waals surface area contributed by atoms with Crippen molar-refractivity contribution in [1.82, 2.24) is 0 Å². The molecule has 0 aromatic heterocycles. The maximum atomic E-state index is 5.76. The third kappa shape index (κ3) is 1.99. The number of anilines is 1. The summed E-state index contributed by atoms with van der Waals surface area (Å²) in [5.74, 6) is 0. The molecule has 0 bridgehead atoms. The standard InChI is InChI=1S/C10H14N2O/c1-7-9(8(2)12-13-3)5-4-6-10(7)11/h4-6H,11H2,1-3H3/b12-8+. The zero-order chi connectivity index (χ0) is 9.84. The summed E-state index contributed by atoms with van der Waals surface area (Å²) in [6.07, 6.45) is 0. The first-order valence-electron chi connectivity index (χ1n) is 4.10. The predicted octanol–water partition coefficient (Wildman–Crippen LogP) is 1.95. The molecular weight excluding hydrogens is 164 g/mol. The van der Waals surface area contributed by atoms with Gasteiger partial charge in [-0.3, -0.25) is 0 Å². The number of benzene rings is 1. The number of hydrogen-bond donors (Lipinski definition) is 1. The van der Waals surface area contributed by atoms with Crippen molar-refractivity contribution in [1.29, 1.82) is 0 Å². The largest absolute Gasteiger partial charge is 0.399 e. The molecule has 0 aliphatic heterocycles. The average molecular weight is 178 g/mol. The lowest BCUT2D eigenvalue weighted by atomic mass is 10.0. The molecule has 0 atom stereocenters. The molecule has 1 rings (SSSR count). The second kappa shape index (κ2) is 3.94. The van der Waals surface area contributed by atoms with Crippen LogP contribution in [0.3, 0.4) is 0 Å². The summed E-state index contributed by atoms with van der Waals surface area (Å²) in [6, 6.07) is 5.76. The van der Waals surface area contributed by atoms with E-state index < -0.39 is 0 Å². The number of hydrogen-bond acceptors (Lipinski definition) is 3. The third-order valence-electron chi connectivity index (χ3n) is 1.99. The van der Waals surface area contributed by atoms with Gasteiger partial charge >= 0.3 is 0 Å². The Balaban J connectivity index is 3.15. The number of rotatable bonds is 2. The lowest BCUT2D eigenvalue weighted by Gasteiger charge is -2.06. The molecule has 0 saturated heterocycles. The first kappa shape index (κ1) is 9.58. The van der Waals surface area contributed by atoms with Crippen molar-refractivity contribution in [2.24, 2.45) is 5.16 Å². The minimum Gasteiger partial charge on any atom is -0.399 e. The molecule has 70 valence electrons. The molecule has 0 aliphatic carbocycles. The van der Waals surface area contributed by atoms with Crippen LogP contribution >= 0.6 is 0 Å². The van der Waals surface area contributed by atoms with Gasteiger partial charge in [0, 0.05) is 11.3 Å². The smallest absolute Gasteiger partial charge is 0.106 e. The molecule has 0 radical (unpaired) electrons. The summed E-state index contributed by atoms with van der Waals surface area (Å²) in [5.41, 5.74) is 9.45. The number of nitrogens with zero attached hydrogens (tertiary/aromatic N) is 1. The Morgan fingerprint density at radius 2 is 2.15 bits per heavy atom. The fraction of sp³-hybridized carbons (Fsp3) is 0.300. The number of oxime groups is 1. The maximum absolute atomic E-state index is 5.76. The van der Waals surface area contributed by atoms with Gasteiger partial charge in [-0.1, -0.05) is 17.3 Å². The Morgan fingerprint density at radius 3 is 2.77 bits per heavy atom. The van der Waals surface area contributed by atoms with Crippen LogP contribution in [0.4, 0.5) is 5.69 Å². The minimum absolute atomic E-state index is 0.781.